The van der Waals surface area contributed by atoms with Crippen molar-refractivity contribution in [1.29, 1.82) is 0 Å². The van der Waals surface area contributed by atoms with Gasteiger partial charge in [0.2, 0.25) is 5.91 Å². The summed E-state index contributed by atoms with van der Waals surface area (Å²) in [5, 5.41) is 12.0. The van der Waals surface area contributed by atoms with Crippen molar-refractivity contribution in [2.24, 2.45) is 5.92 Å². The van der Waals surface area contributed by atoms with Gasteiger partial charge >= 0.3 is 5.97 Å². The van der Waals surface area contributed by atoms with Crippen molar-refractivity contribution in [3.8, 4) is 0 Å². The second-order valence-corrected chi connectivity index (χ2v) is 5.70. The maximum absolute atomic E-state index is 12.1. The van der Waals surface area contributed by atoms with Crippen LogP contribution in [0.15, 0.2) is 43.5 Å². The standard InChI is InChI=1S/C20H25NO3/c1-5-8-14(4)19(22)21-18(20(23)24)13-15-10-11-17(9-6-2)16(7-3)12-15/h5-7,9-12,14,18H,1,3,8,13H2,2,4H3,(H,21,22)(H,23,24)/b9-6-/t14-,18-/m0/s1. The van der Waals surface area contributed by atoms with Gasteiger partial charge in [0.1, 0.15) is 6.04 Å². The fraction of sp³-hybridized carbons (Fsp3) is 0.300. The molecule has 4 heteroatoms. The molecule has 1 amide bonds. The zero-order valence-electron chi connectivity index (χ0n) is 14.3. The fourth-order valence-corrected chi connectivity index (χ4v) is 2.37. The molecule has 0 aliphatic rings. The number of carbonyl (C=O) groups is 2. The quantitative estimate of drug-likeness (QED) is 0.680. The molecule has 24 heavy (non-hydrogen) atoms. The summed E-state index contributed by atoms with van der Waals surface area (Å²) in [6, 6.07) is 4.73. The average Bonchev–Trinajstić information content (AvgIpc) is 2.55. The van der Waals surface area contributed by atoms with Gasteiger partial charge in [0.05, 0.1) is 0 Å². The predicted molar refractivity (Wildman–Crippen MR) is 98.5 cm³/mol. The molecule has 0 unspecified atom stereocenters. The van der Waals surface area contributed by atoms with Gasteiger partial charge in [-0.1, -0.05) is 56.0 Å². The smallest absolute Gasteiger partial charge is 0.326 e. The molecule has 1 aromatic rings. The minimum absolute atomic E-state index is 0.221. The summed E-state index contributed by atoms with van der Waals surface area (Å²) >= 11 is 0. The van der Waals surface area contributed by atoms with Crippen molar-refractivity contribution in [1.82, 2.24) is 5.32 Å². The first-order valence-corrected chi connectivity index (χ1v) is 7.95. The highest BCUT2D eigenvalue weighted by Crippen LogP contribution is 2.17. The van der Waals surface area contributed by atoms with Gasteiger partial charge in [-0.2, -0.15) is 0 Å². The first kappa shape index (κ1) is 19.4. The molecule has 0 aliphatic heterocycles. The molecule has 1 aromatic carbocycles. The summed E-state index contributed by atoms with van der Waals surface area (Å²) in [6.45, 7) is 11.1. The first-order valence-electron chi connectivity index (χ1n) is 7.95. The molecule has 1 rings (SSSR count). The van der Waals surface area contributed by atoms with E-state index in [2.05, 4.69) is 18.5 Å². The Kier molecular flexibility index (Phi) is 7.69. The van der Waals surface area contributed by atoms with Crippen molar-refractivity contribution >= 4 is 24.0 Å². The third-order valence-electron chi connectivity index (χ3n) is 3.74. The minimum atomic E-state index is -1.05. The van der Waals surface area contributed by atoms with Gasteiger partial charge in [0, 0.05) is 12.3 Å². The third kappa shape index (κ3) is 5.54. The lowest BCUT2D eigenvalue weighted by molar-refractivity contribution is -0.142. The SMILES string of the molecule is C=CC[C@H](C)C(=O)N[C@@H](Cc1ccc(/C=C\C)c(C=C)c1)C(=O)O. The average molecular weight is 327 g/mol. The normalized spacial score (nSPS) is 13.2. The summed E-state index contributed by atoms with van der Waals surface area (Å²) in [7, 11) is 0. The molecule has 0 fully saturated rings. The van der Waals surface area contributed by atoms with E-state index in [0.717, 1.165) is 16.7 Å². The molecule has 4 nitrogen and oxygen atoms in total. The monoisotopic (exact) mass is 327 g/mol. The van der Waals surface area contributed by atoms with E-state index < -0.39 is 12.0 Å². The minimum Gasteiger partial charge on any atom is -0.480 e. The van der Waals surface area contributed by atoms with Crippen molar-refractivity contribution in [2.75, 3.05) is 0 Å². The number of hydrogen-bond acceptors (Lipinski definition) is 2. The van der Waals surface area contributed by atoms with Gasteiger partial charge in [0.25, 0.3) is 0 Å². The second-order valence-electron chi connectivity index (χ2n) is 5.70. The number of hydrogen-bond donors (Lipinski definition) is 2. The van der Waals surface area contributed by atoms with Crippen LogP contribution in [0.4, 0.5) is 0 Å². The van der Waals surface area contributed by atoms with Crippen LogP contribution in [0.3, 0.4) is 0 Å². The summed E-state index contributed by atoms with van der Waals surface area (Å²) in [4.78, 5) is 23.5. The summed E-state index contributed by atoms with van der Waals surface area (Å²) in [5.74, 6) is -1.63. The topological polar surface area (TPSA) is 66.4 Å². The summed E-state index contributed by atoms with van der Waals surface area (Å²) in [5.41, 5.74) is 2.79. The van der Waals surface area contributed by atoms with Gasteiger partial charge < -0.3 is 10.4 Å². The maximum Gasteiger partial charge on any atom is 0.326 e. The van der Waals surface area contributed by atoms with Crippen LogP contribution in [0.1, 0.15) is 37.0 Å². The lowest BCUT2D eigenvalue weighted by Crippen LogP contribution is -2.44. The number of carboxylic acid groups (broad SMARTS) is 1. The van der Waals surface area contributed by atoms with E-state index >= 15 is 0 Å². The van der Waals surface area contributed by atoms with E-state index in [1.54, 1.807) is 19.1 Å². The van der Waals surface area contributed by atoms with E-state index in [1.165, 1.54) is 0 Å². The second kappa shape index (κ2) is 9.50. The van der Waals surface area contributed by atoms with Gasteiger partial charge in [-0.3, -0.25) is 4.79 Å². The van der Waals surface area contributed by atoms with Crippen molar-refractivity contribution < 1.29 is 14.7 Å². The Morgan fingerprint density at radius 2 is 2.00 bits per heavy atom. The number of carbonyl (C=O) groups excluding carboxylic acids is 1. The first-order chi connectivity index (χ1) is 11.4. The van der Waals surface area contributed by atoms with E-state index in [1.807, 2.05) is 37.3 Å². The Hall–Kier alpha value is -2.62. The molecule has 128 valence electrons. The Morgan fingerprint density at radius 3 is 2.54 bits per heavy atom. The third-order valence-corrected chi connectivity index (χ3v) is 3.74. The van der Waals surface area contributed by atoms with Gasteiger partial charge in [0.15, 0.2) is 0 Å². The van der Waals surface area contributed by atoms with Crippen LogP contribution in [-0.4, -0.2) is 23.0 Å². The highest BCUT2D eigenvalue weighted by atomic mass is 16.4. The number of carboxylic acids is 1. The van der Waals surface area contributed by atoms with E-state index in [-0.39, 0.29) is 18.2 Å². The largest absolute Gasteiger partial charge is 0.480 e. The molecule has 0 saturated carbocycles. The zero-order valence-corrected chi connectivity index (χ0v) is 14.3. The molecule has 0 aromatic heterocycles. The number of nitrogens with one attached hydrogen (secondary N) is 1. The van der Waals surface area contributed by atoms with Crippen LogP contribution in [0.5, 0.6) is 0 Å². The van der Waals surface area contributed by atoms with E-state index in [9.17, 15) is 14.7 Å². The summed E-state index contributed by atoms with van der Waals surface area (Å²) < 4.78 is 0. The predicted octanol–water partition coefficient (Wildman–Crippen LogP) is 3.69. The lowest BCUT2D eigenvalue weighted by atomic mass is 9.98. The van der Waals surface area contributed by atoms with Crippen LogP contribution < -0.4 is 5.32 Å². The van der Waals surface area contributed by atoms with Crippen LogP contribution >= 0.6 is 0 Å². The molecule has 2 N–H and O–H groups in total. The fourth-order valence-electron chi connectivity index (χ4n) is 2.37. The molecule has 0 saturated heterocycles. The van der Waals surface area contributed by atoms with Crippen LogP contribution in [-0.2, 0) is 16.0 Å². The zero-order chi connectivity index (χ0) is 18.1. The molecule has 0 heterocycles. The van der Waals surface area contributed by atoms with Gasteiger partial charge in [-0.15, -0.1) is 6.58 Å². The Morgan fingerprint density at radius 1 is 1.29 bits per heavy atom. The van der Waals surface area contributed by atoms with Crippen LogP contribution in [0.2, 0.25) is 0 Å². The lowest BCUT2D eigenvalue weighted by Gasteiger charge is -2.18. The molecular formula is C20H25NO3. The number of aliphatic carboxylic acids is 1. The van der Waals surface area contributed by atoms with Gasteiger partial charge in [-0.05, 0) is 30.0 Å². The molecule has 0 radical (unpaired) electrons. The van der Waals surface area contributed by atoms with Crippen LogP contribution in [0.25, 0.3) is 12.2 Å². The number of amides is 1. The van der Waals surface area contributed by atoms with Crippen LogP contribution in [0, 0.1) is 5.92 Å². The number of benzene rings is 1. The Labute approximate surface area is 143 Å². The van der Waals surface area contributed by atoms with Crippen molar-refractivity contribution in [3.05, 3.63) is 60.2 Å². The highest BCUT2D eigenvalue weighted by molar-refractivity contribution is 5.85. The van der Waals surface area contributed by atoms with Crippen molar-refractivity contribution in [3.63, 3.8) is 0 Å². The molecule has 0 aliphatic carbocycles. The van der Waals surface area contributed by atoms with Gasteiger partial charge in [-0.25, -0.2) is 4.79 Å². The van der Waals surface area contributed by atoms with E-state index in [4.69, 9.17) is 0 Å². The highest BCUT2D eigenvalue weighted by Gasteiger charge is 2.23. The maximum atomic E-state index is 12.1. The summed E-state index contributed by atoms with van der Waals surface area (Å²) in [6.07, 6.45) is 8.02. The van der Waals surface area contributed by atoms with E-state index in [0.29, 0.717) is 6.42 Å². The molecule has 2 atom stereocenters. The Bertz CT molecular complexity index is 646. The molecular weight excluding hydrogens is 302 g/mol. The molecule has 0 bridgehead atoms. The molecule has 0 spiro atoms. The number of allylic oxidation sites excluding steroid dienone is 2. The number of rotatable bonds is 9. The Balaban J connectivity index is 2.93. The van der Waals surface area contributed by atoms with Crippen molar-refractivity contribution in [2.45, 2.75) is 32.7 Å².